The number of nitrogens with zero attached hydrogens (tertiary/aromatic N) is 2. The lowest BCUT2D eigenvalue weighted by atomic mass is 10.0. The Morgan fingerprint density at radius 1 is 0.730 bits per heavy atom. The molecule has 186 valence electrons. The smallest absolute Gasteiger partial charge is 0.341 e. The van der Waals surface area contributed by atoms with E-state index in [0.717, 1.165) is 10.8 Å². The predicted molar refractivity (Wildman–Crippen MR) is 141 cm³/mol. The van der Waals surface area contributed by atoms with Crippen molar-refractivity contribution in [2.45, 2.75) is 39.9 Å². The normalized spacial score (nSPS) is 11.5. The largest absolute Gasteiger partial charge is 0.459 e. The van der Waals surface area contributed by atoms with Crippen molar-refractivity contribution < 1.29 is 23.9 Å². The van der Waals surface area contributed by atoms with Crippen LogP contribution in [0.25, 0.3) is 27.3 Å². The topological polar surface area (TPSA) is 87.0 Å². The van der Waals surface area contributed by atoms with Gasteiger partial charge >= 0.3 is 11.9 Å². The molecule has 7 nitrogen and oxygen atoms in total. The molecule has 0 radical (unpaired) electrons. The van der Waals surface area contributed by atoms with Gasteiger partial charge < -0.3 is 13.9 Å². The minimum Gasteiger partial charge on any atom is -0.459 e. The van der Waals surface area contributed by atoms with Crippen molar-refractivity contribution in [3.05, 3.63) is 95.3 Å². The Hall–Kier alpha value is -4.52. The van der Waals surface area contributed by atoms with Gasteiger partial charge in [0.15, 0.2) is 0 Å². The average molecular weight is 495 g/mol. The number of hydrogen-bond donors (Lipinski definition) is 0. The summed E-state index contributed by atoms with van der Waals surface area (Å²) in [6.07, 6.45) is 0.765. The second kappa shape index (κ2) is 9.50. The van der Waals surface area contributed by atoms with Gasteiger partial charge in [0.05, 0.1) is 28.8 Å². The molecule has 7 heteroatoms. The van der Waals surface area contributed by atoms with E-state index < -0.39 is 29.9 Å². The van der Waals surface area contributed by atoms with Crippen LogP contribution in [0.4, 0.5) is 0 Å². The molecule has 0 bridgehead atoms. The minimum absolute atomic E-state index is 0.00605. The summed E-state index contributed by atoms with van der Waals surface area (Å²) in [4.78, 5) is 45.8. The molecular weight excluding hydrogens is 468 g/mol. The Morgan fingerprint density at radius 3 is 2.03 bits per heavy atom. The number of esters is 2. The van der Waals surface area contributed by atoms with Crippen molar-refractivity contribution in [3.8, 4) is 0 Å². The van der Waals surface area contributed by atoms with Crippen LogP contribution in [0.15, 0.2) is 72.9 Å². The summed E-state index contributed by atoms with van der Waals surface area (Å²) in [5.41, 5.74) is 1.89. The van der Waals surface area contributed by atoms with Crippen molar-refractivity contribution >= 4 is 45.0 Å². The van der Waals surface area contributed by atoms with E-state index in [-0.39, 0.29) is 16.8 Å². The molecule has 3 heterocycles. The molecule has 0 saturated carbocycles. The van der Waals surface area contributed by atoms with E-state index in [9.17, 15) is 14.4 Å². The number of pyridine rings is 2. The van der Waals surface area contributed by atoms with Crippen molar-refractivity contribution in [1.82, 2.24) is 9.38 Å². The van der Waals surface area contributed by atoms with Gasteiger partial charge in [-0.3, -0.25) is 9.78 Å². The van der Waals surface area contributed by atoms with Crippen LogP contribution >= 0.6 is 0 Å². The number of benzene rings is 2. The first-order valence-electron chi connectivity index (χ1n) is 12.1. The van der Waals surface area contributed by atoms with Gasteiger partial charge in [0.1, 0.15) is 16.8 Å². The fourth-order valence-electron chi connectivity index (χ4n) is 4.56. The maximum atomic E-state index is 14.1. The SMILES string of the molecule is CC(C)OC(=O)c1c(C(=O)OC(C)C)c2ccc3ccc4cccnc4c3n2c1C(=O)c1ccccc1. The lowest BCUT2D eigenvalue weighted by Crippen LogP contribution is -2.20. The highest BCUT2D eigenvalue weighted by molar-refractivity contribution is 6.21. The van der Waals surface area contributed by atoms with E-state index in [0.29, 0.717) is 22.1 Å². The Labute approximate surface area is 213 Å². The van der Waals surface area contributed by atoms with Crippen molar-refractivity contribution in [3.63, 3.8) is 0 Å². The lowest BCUT2D eigenvalue weighted by Gasteiger charge is -2.12. The molecule has 0 spiro atoms. The number of carbonyl (C=O) groups is 3. The zero-order valence-corrected chi connectivity index (χ0v) is 21.0. The van der Waals surface area contributed by atoms with Gasteiger partial charge in [-0.1, -0.05) is 54.6 Å². The summed E-state index contributed by atoms with van der Waals surface area (Å²) in [7, 11) is 0. The fraction of sp³-hybridized carbons (Fsp3) is 0.200. The first-order valence-corrected chi connectivity index (χ1v) is 12.1. The molecule has 37 heavy (non-hydrogen) atoms. The van der Waals surface area contributed by atoms with Crippen LogP contribution < -0.4 is 0 Å². The third-order valence-electron chi connectivity index (χ3n) is 5.98. The summed E-state index contributed by atoms with van der Waals surface area (Å²) >= 11 is 0. The number of ketones is 1. The predicted octanol–water partition coefficient (Wildman–Crippen LogP) is 6.00. The van der Waals surface area contributed by atoms with Gasteiger partial charge in [-0.25, -0.2) is 9.59 Å². The highest BCUT2D eigenvalue weighted by Gasteiger charge is 2.35. The standard InChI is InChI=1S/C30H26N2O5/c1-17(2)36-29(34)23-22-15-14-20-13-12-19-11-8-16-31-25(19)26(20)32(22)27(24(23)30(35)37-18(3)4)28(33)21-9-6-5-7-10-21/h5-18H,1-4H3. The van der Waals surface area contributed by atoms with E-state index in [1.807, 2.05) is 30.3 Å². The van der Waals surface area contributed by atoms with Crippen molar-refractivity contribution in [1.29, 1.82) is 0 Å². The van der Waals surface area contributed by atoms with Gasteiger partial charge in [-0.15, -0.1) is 0 Å². The van der Waals surface area contributed by atoms with Gasteiger partial charge in [-0.05, 0) is 39.8 Å². The zero-order valence-electron chi connectivity index (χ0n) is 21.0. The minimum atomic E-state index is -0.768. The molecule has 0 aliphatic carbocycles. The summed E-state index contributed by atoms with van der Waals surface area (Å²) in [6.45, 7) is 6.88. The molecule has 0 atom stereocenters. The summed E-state index contributed by atoms with van der Waals surface area (Å²) in [5, 5.41) is 1.65. The van der Waals surface area contributed by atoms with E-state index in [1.165, 1.54) is 0 Å². The third kappa shape index (κ3) is 4.22. The fourth-order valence-corrected chi connectivity index (χ4v) is 4.56. The highest BCUT2D eigenvalue weighted by Crippen LogP contribution is 2.34. The van der Waals surface area contributed by atoms with Crippen molar-refractivity contribution in [2.24, 2.45) is 0 Å². The molecular formula is C30H26N2O5. The first-order chi connectivity index (χ1) is 17.8. The number of hydrogen-bond acceptors (Lipinski definition) is 6. The van der Waals surface area contributed by atoms with Crippen LogP contribution in [-0.2, 0) is 9.47 Å². The molecule has 2 aromatic carbocycles. The van der Waals surface area contributed by atoms with Crippen LogP contribution in [0.5, 0.6) is 0 Å². The van der Waals surface area contributed by atoms with E-state index in [2.05, 4.69) is 4.98 Å². The van der Waals surface area contributed by atoms with E-state index in [1.54, 1.807) is 74.7 Å². The van der Waals surface area contributed by atoms with E-state index in [4.69, 9.17) is 9.47 Å². The van der Waals surface area contributed by atoms with Crippen LogP contribution in [0.3, 0.4) is 0 Å². The number of ether oxygens (including phenoxy) is 2. The molecule has 0 saturated heterocycles. The zero-order chi connectivity index (χ0) is 26.3. The van der Waals surface area contributed by atoms with Crippen LogP contribution in [-0.4, -0.2) is 39.3 Å². The van der Waals surface area contributed by atoms with Gasteiger partial charge in [0.2, 0.25) is 5.78 Å². The Morgan fingerprint density at radius 2 is 1.35 bits per heavy atom. The Balaban J connectivity index is 2.00. The number of aromatic nitrogens is 2. The van der Waals surface area contributed by atoms with Crippen LogP contribution in [0.2, 0.25) is 0 Å². The summed E-state index contributed by atoms with van der Waals surface area (Å²) < 4.78 is 12.8. The second-order valence-corrected chi connectivity index (χ2v) is 9.33. The molecule has 3 aromatic heterocycles. The molecule has 0 amide bonds. The molecule has 0 N–H and O–H groups in total. The van der Waals surface area contributed by atoms with Gasteiger partial charge in [-0.2, -0.15) is 0 Å². The maximum Gasteiger partial charge on any atom is 0.341 e. The number of carbonyl (C=O) groups excluding carboxylic acids is 3. The Bertz CT molecular complexity index is 1680. The third-order valence-corrected chi connectivity index (χ3v) is 5.98. The molecule has 0 aliphatic heterocycles. The maximum absolute atomic E-state index is 14.1. The highest BCUT2D eigenvalue weighted by atomic mass is 16.5. The van der Waals surface area contributed by atoms with Crippen LogP contribution in [0, 0.1) is 0 Å². The molecule has 0 unspecified atom stereocenters. The summed E-state index contributed by atoms with van der Waals surface area (Å²) in [5.74, 6) is -1.90. The van der Waals surface area contributed by atoms with Crippen LogP contribution in [0.1, 0.15) is 64.5 Å². The van der Waals surface area contributed by atoms with Gasteiger partial charge in [0.25, 0.3) is 0 Å². The first kappa shape index (κ1) is 24.2. The molecule has 5 aromatic rings. The number of rotatable bonds is 6. The number of fused-ring (bicyclic) bond motifs is 5. The quantitative estimate of drug-likeness (QED) is 0.163. The van der Waals surface area contributed by atoms with Gasteiger partial charge in [0, 0.05) is 22.5 Å². The second-order valence-electron chi connectivity index (χ2n) is 9.33. The molecule has 5 rings (SSSR count). The average Bonchev–Trinajstić information content (AvgIpc) is 3.23. The lowest BCUT2D eigenvalue weighted by molar-refractivity contribution is 0.0330. The molecule has 0 aliphatic rings. The van der Waals surface area contributed by atoms with E-state index >= 15 is 0 Å². The summed E-state index contributed by atoms with van der Waals surface area (Å²) in [6, 6.07) is 19.8. The Kier molecular flexibility index (Phi) is 6.21. The molecule has 0 fully saturated rings. The monoisotopic (exact) mass is 494 g/mol. The van der Waals surface area contributed by atoms with Crippen molar-refractivity contribution in [2.75, 3.05) is 0 Å².